The van der Waals surface area contributed by atoms with Crippen molar-refractivity contribution in [1.82, 2.24) is 5.32 Å². The summed E-state index contributed by atoms with van der Waals surface area (Å²) in [7, 11) is 4.28. The highest BCUT2D eigenvalue weighted by atomic mass is 79.9. The molecule has 7 heteroatoms. The standard InChI is InChI=1S/C15H20BrNO5/c1-8(2)13(15(19)22-5)17-14(18)9-6-11(20-3)12(21-4)7-10(9)16/h6-8,13H,1-5H3,(H,17,18)/t13-/m1/s1. The minimum atomic E-state index is -0.725. The second-order valence-corrected chi connectivity index (χ2v) is 5.76. The molecule has 0 heterocycles. The Bertz CT molecular complexity index is 559. The van der Waals surface area contributed by atoms with E-state index in [0.29, 0.717) is 21.5 Å². The molecular weight excluding hydrogens is 354 g/mol. The molecule has 0 saturated carbocycles. The number of hydrogen-bond donors (Lipinski definition) is 1. The van der Waals surface area contributed by atoms with Crippen LogP contribution < -0.4 is 14.8 Å². The first-order valence-electron chi connectivity index (χ1n) is 6.65. The van der Waals surface area contributed by atoms with Crippen LogP contribution >= 0.6 is 15.9 Å². The maximum atomic E-state index is 12.4. The average molecular weight is 374 g/mol. The van der Waals surface area contributed by atoms with Crippen LogP contribution in [0.1, 0.15) is 24.2 Å². The second-order valence-electron chi connectivity index (χ2n) is 4.91. The molecule has 22 heavy (non-hydrogen) atoms. The van der Waals surface area contributed by atoms with E-state index in [1.807, 2.05) is 13.8 Å². The zero-order valence-corrected chi connectivity index (χ0v) is 14.8. The van der Waals surface area contributed by atoms with Crippen molar-refractivity contribution in [3.63, 3.8) is 0 Å². The van der Waals surface area contributed by atoms with E-state index >= 15 is 0 Å². The van der Waals surface area contributed by atoms with Gasteiger partial charge in [0.1, 0.15) is 6.04 Å². The van der Waals surface area contributed by atoms with E-state index in [1.54, 1.807) is 12.1 Å². The summed E-state index contributed by atoms with van der Waals surface area (Å²) in [5, 5.41) is 2.67. The lowest BCUT2D eigenvalue weighted by Gasteiger charge is -2.20. The molecule has 0 radical (unpaired) electrons. The van der Waals surface area contributed by atoms with E-state index < -0.39 is 17.9 Å². The lowest BCUT2D eigenvalue weighted by Crippen LogP contribution is -2.45. The molecule has 0 aromatic heterocycles. The van der Waals surface area contributed by atoms with Gasteiger partial charge in [0.2, 0.25) is 0 Å². The van der Waals surface area contributed by atoms with Crippen LogP contribution in [0.2, 0.25) is 0 Å². The molecule has 0 saturated heterocycles. The van der Waals surface area contributed by atoms with Gasteiger partial charge in [0.15, 0.2) is 11.5 Å². The number of methoxy groups -OCH3 is 3. The molecule has 0 spiro atoms. The monoisotopic (exact) mass is 373 g/mol. The highest BCUT2D eigenvalue weighted by molar-refractivity contribution is 9.10. The highest BCUT2D eigenvalue weighted by Gasteiger charge is 2.26. The Morgan fingerprint density at radius 2 is 1.64 bits per heavy atom. The SMILES string of the molecule is COC(=O)[C@H](NC(=O)c1cc(OC)c(OC)cc1Br)C(C)C. The van der Waals surface area contributed by atoms with Gasteiger partial charge in [-0.25, -0.2) is 4.79 Å². The zero-order chi connectivity index (χ0) is 16.9. The Kier molecular flexibility index (Phi) is 6.67. The second kappa shape index (κ2) is 8.03. The van der Waals surface area contributed by atoms with E-state index in [-0.39, 0.29) is 5.92 Å². The summed E-state index contributed by atoms with van der Waals surface area (Å²) >= 11 is 3.32. The minimum absolute atomic E-state index is 0.102. The van der Waals surface area contributed by atoms with Gasteiger partial charge in [-0.2, -0.15) is 0 Å². The summed E-state index contributed by atoms with van der Waals surface area (Å²) in [5.74, 6) is -0.0680. The van der Waals surface area contributed by atoms with Crippen molar-refractivity contribution in [3.05, 3.63) is 22.2 Å². The number of benzene rings is 1. The summed E-state index contributed by atoms with van der Waals surface area (Å²) in [6.45, 7) is 3.65. The number of rotatable bonds is 6. The number of nitrogens with one attached hydrogen (secondary N) is 1. The normalized spacial score (nSPS) is 11.8. The molecule has 0 aliphatic carbocycles. The fraction of sp³-hybridized carbons (Fsp3) is 0.467. The van der Waals surface area contributed by atoms with Gasteiger partial charge >= 0.3 is 5.97 Å². The van der Waals surface area contributed by atoms with E-state index in [2.05, 4.69) is 21.2 Å². The van der Waals surface area contributed by atoms with Crippen molar-refractivity contribution in [2.75, 3.05) is 21.3 Å². The number of hydrogen-bond acceptors (Lipinski definition) is 5. The summed E-state index contributed by atoms with van der Waals surface area (Å²) in [6.07, 6.45) is 0. The highest BCUT2D eigenvalue weighted by Crippen LogP contribution is 2.33. The molecule has 0 fully saturated rings. The predicted octanol–water partition coefficient (Wildman–Crippen LogP) is 2.39. The lowest BCUT2D eigenvalue weighted by atomic mass is 10.0. The topological polar surface area (TPSA) is 73.9 Å². The Labute approximate surface area is 138 Å². The Balaban J connectivity index is 3.09. The molecule has 0 unspecified atom stereocenters. The number of halogens is 1. The van der Waals surface area contributed by atoms with Gasteiger partial charge in [-0.3, -0.25) is 4.79 Å². The summed E-state index contributed by atoms with van der Waals surface area (Å²) in [5.41, 5.74) is 0.340. The van der Waals surface area contributed by atoms with Crippen LogP contribution in [-0.2, 0) is 9.53 Å². The van der Waals surface area contributed by atoms with E-state index in [1.165, 1.54) is 21.3 Å². The van der Waals surface area contributed by atoms with Gasteiger partial charge in [0, 0.05) is 4.47 Å². The smallest absolute Gasteiger partial charge is 0.328 e. The first-order chi connectivity index (χ1) is 10.3. The van der Waals surface area contributed by atoms with Crippen LogP contribution in [0, 0.1) is 5.92 Å². The van der Waals surface area contributed by atoms with Crippen molar-refractivity contribution < 1.29 is 23.8 Å². The van der Waals surface area contributed by atoms with Crippen LogP contribution in [-0.4, -0.2) is 39.2 Å². The number of carbonyl (C=O) groups excluding carboxylic acids is 2. The number of ether oxygens (including phenoxy) is 3. The third-order valence-corrected chi connectivity index (χ3v) is 3.78. The first kappa shape index (κ1) is 18.3. The van der Waals surface area contributed by atoms with Crippen molar-refractivity contribution in [2.24, 2.45) is 5.92 Å². The minimum Gasteiger partial charge on any atom is -0.493 e. The van der Waals surface area contributed by atoms with Crippen LogP contribution in [0.15, 0.2) is 16.6 Å². The molecular formula is C15H20BrNO5. The quantitative estimate of drug-likeness (QED) is 0.774. The number of carbonyl (C=O) groups is 2. The summed E-state index contributed by atoms with van der Waals surface area (Å²) in [6, 6.07) is 2.46. The van der Waals surface area contributed by atoms with Gasteiger partial charge in [-0.15, -0.1) is 0 Å². The molecule has 0 aliphatic heterocycles. The fourth-order valence-corrected chi connectivity index (χ4v) is 2.37. The fourth-order valence-electron chi connectivity index (χ4n) is 1.87. The van der Waals surface area contributed by atoms with Crippen LogP contribution in [0.3, 0.4) is 0 Å². The molecule has 1 aromatic carbocycles. The Morgan fingerprint density at radius 3 is 2.09 bits per heavy atom. The van der Waals surface area contributed by atoms with Crippen LogP contribution in [0.4, 0.5) is 0 Å². The maximum absolute atomic E-state index is 12.4. The first-order valence-corrected chi connectivity index (χ1v) is 7.45. The average Bonchev–Trinajstić information content (AvgIpc) is 2.50. The Morgan fingerprint density at radius 1 is 1.09 bits per heavy atom. The molecule has 122 valence electrons. The zero-order valence-electron chi connectivity index (χ0n) is 13.2. The summed E-state index contributed by atoms with van der Waals surface area (Å²) in [4.78, 5) is 24.2. The van der Waals surface area contributed by atoms with Gasteiger partial charge in [0.05, 0.1) is 26.9 Å². The summed E-state index contributed by atoms with van der Waals surface area (Å²) < 4.78 is 15.6. The van der Waals surface area contributed by atoms with Crippen molar-refractivity contribution in [3.8, 4) is 11.5 Å². The van der Waals surface area contributed by atoms with Gasteiger partial charge in [-0.05, 0) is 34.0 Å². The molecule has 6 nitrogen and oxygen atoms in total. The van der Waals surface area contributed by atoms with Gasteiger partial charge < -0.3 is 19.5 Å². The molecule has 1 aromatic rings. The lowest BCUT2D eigenvalue weighted by molar-refractivity contribution is -0.144. The number of esters is 1. The van der Waals surface area contributed by atoms with Gasteiger partial charge in [0.25, 0.3) is 5.91 Å². The van der Waals surface area contributed by atoms with E-state index in [9.17, 15) is 9.59 Å². The Hall–Kier alpha value is -1.76. The van der Waals surface area contributed by atoms with Crippen LogP contribution in [0.5, 0.6) is 11.5 Å². The molecule has 0 aliphatic rings. The van der Waals surface area contributed by atoms with Crippen LogP contribution in [0.25, 0.3) is 0 Å². The molecule has 0 bridgehead atoms. The van der Waals surface area contributed by atoms with Crippen molar-refractivity contribution in [1.29, 1.82) is 0 Å². The molecule has 1 atom stereocenters. The molecule has 1 amide bonds. The van der Waals surface area contributed by atoms with E-state index in [4.69, 9.17) is 14.2 Å². The van der Waals surface area contributed by atoms with Crippen molar-refractivity contribution in [2.45, 2.75) is 19.9 Å². The molecule has 1 rings (SSSR count). The third-order valence-electron chi connectivity index (χ3n) is 3.13. The third kappa shape index (κ3) is 4.13. The predicted molar refractivity (Wildman–Crippen MR) is 85.4 cm³/mol. The maximum Gasteiger partial charge on any atom is 0.328 e. The molecule has 1 N–H and O–H groups in total. The van der Waals surface area contributed by atoms with Crippen molar-refractivity contribution >= 4 is 27.8 Å². The van der Waals surface area contributed by atoms with E-state index in [0.717, 1.165) is 0 Å². The largest absolute Gasteiger partial charge is 0.493 e. The van der Waals surface area contributed by atoms with Gasteiger partial charge in [-0.1, -0.05) is 13.8 Å². The number of amides is 1.